The van der Waals surface area contributed by atoms with E-state index in [1.54, 1.807) is 0 Å². The van der Waals surface area contributed by atoms with E-state index in [9.17, 15) is 4.79 Å². The fourth-order valence-electron chi connectivity index (χ4n) is 3.73. The van der Waals surface area contributed by atoms with Crippen molar-refractivity contribution in [2.24, 2.45) is 0 Å². The molecule has 0 unspecified atom stereocenters. The molecule has 0 aromatic heterocycles. The van der Waals surface area contributed by atoms with Gasteiger partial charge in [0.15, 0.2) is 11.5 Å². The van der Waals surface area contributed by atoms with Gasteiger partial charge in [-0.1, -0.05) is 6.07 Å². The van der Waals surface area contributed by atoms with Gasteiger partial charge in [-0.25, -0.2) is 0 Å². The molecule has 1 atom stereocenters. The molecule has 1 aromatic carbocycles. The van der Waals surface area contributed by atoms with E-state index < -0.39 is 0 Å². The SMILES string of the molecule is O=C(C[C@@H]1CCCO1)N1CCN(Cc2ccc3c(c2)OCCO3)CC1. The van der Waals surface area contributed by atoms with Gasteiger partial charge >= 0.3 is 0 Å². The highest BCUT2D eigenvalue weighted by Gasteiger charge is 2.25. The minimum absolute atomic E-state index is 0.142. The second kappa shape index (κ2) is 7.62. The Labute approximate surface area is 148 Å². The third kappa shape index (κ3) is 4.07. The zero-order chi connectivity index (χ0) is 17.1. The molecule has 0 radical (unpaired) electrons. The topological polar surface area (TPSA) is 51.2 Å². The third-order valence-electron chi connectivity index (χ3n) is 5.16. The summed E-state index contributed by atoms with van der Waals surface area (Å²) in [6, 6.07) is 6.16. The van der Waals surface area contributed by atoms with Crippen LogP contribution in [0.1, 0.15) is 24.8 Å². The smallest absolute Gasteiger partial charge is 0.225 e. The Morgan fingerprint density at radius 3 is 2.60 bits per heavy atom. The average molecular weight is 346 g/mol. The zero-order valence-electron chi connectivity index (χ0n) is 14.6. The van der Waals surface area contributed by atoms with Crippen LogP contribution in [0.3, 0.4) is 0 Å². The number of hydrogen-bond donors (Lipinski definition) is 0. The van der Waals surface area contributed by atoms with Gasteiger partial charge in [-0.2, -0.15) is 0 Å². The predicted molar refractivity (Wildman–Crippen MR) is 92.9 cm³/mol. The van der Waals surface area contributed by atoms with Gasteiger partial charge < -0.3 is 19.1 Å². The fourth-order valence-corrected chi connectivity index (χ4v) is 3.73. The van der Waals surface area contributed by atoms with Crippen molar-refractivity contribution in [2.45, 2.75) is 31.9 Å². The van der Waals surface area contributed by atoms with E-state index in [0.29, 0.717) is 19.6 Å². The molecule has 0 N–H and O–H groups in total. The Bertz CT molecular complexity index is 607. The van der Waals surface area contributed by atoms with Crippen molar-refractivity contribution >= 4 is 5.91 Å². The molecule has 0 bridgehead atoms. The molecule has 1 amide bonds. The third-order valence-corrected chi connectivity index (χ3v) is 5.16. The van der Waals surface area contributed by atoms with Crippen molar-refractivity contribution in [2.75, 3.05) is 46.0 Å². The number of hydrogen-bond acceptors (Lipinski definition) is 5. The Hall–Kier alpha value is -1.79. The van der Waals surface area contributed by atoms with E-state index in [0.717, 1.165) is 63.7 Å². The van der Waals surface area contributed by atoms with Crippen LogP contribution in [0.4, 0.5) is 0 Å². The van der Waals surface area contributed by atoms with Crippen molar-refractivity contribution in [3.8, 4) is 11.5 Å². The summed E-state index contributed by atoms with van der Waals surface area (Å²) in [5.41, 5.74) is 1.23. The molecule has 25 heavy (non-hydrogen) atoms. The molecule has 0 spiro atoms. The van der Waals surface area contributed by atoms with E-state index in [-0.39, 0.29) is 12.0 Å². The Morgan fingerprint density at radius 2 is 1.84 bits per heavy atom. The maximum atomic E-state index is 12.4. The van der Waals surface area contributed by atoms with Gasteiger partial charge in [0.25, 0.3) is 0 Å². The van der Waals surface area contributed by atoms with Gasteiger partial charge in [-0.05, 0) is 30.5 Å². The lowest BCUT2D eigenvalue weighted by Crippen LogP contribution is -2.48. The number of rotatable bonds is 4. The van der Waals surface area contributed by atoms with Crippen LogP contribution in [0.5, 0.6) is 11.5 Å². The second-order valence-corrected chi connectivity index (χ2v) is 6.97. The monoisotopic (exact) mass is 346 g/mol. The quantitative estimate of drug-likeness (QED) is 0.830. The van der Waals surface area contributed by atoms with Crippen LogP contribution in [-0.2, 0) is 16.1 Å². The molecular formula is C19H26N2O4. The molecule has 3 heterocycles. The number of piperazine rings is 1. The number of benzene rings is 1. The number of amides is 1. The highest BCUT2D eigenvalue weighted by molar-refractivity contribution is 5.76. The van der Waals surface area contributed by atoms with Crippen LogP contribution in [-0.4, -0.2) is 67.8 Å². The average Bonchev–Trinajstić information content (AvgIpc) is 3.15. The molecule has 3 aliphatic rings. The number of carbonyl (C=O) groups excluding carboxylic acids is 1. The van der Waals surface area contributed by atoms with Gasteiger partial charge in [0.2, 0.25) is 5.91 Å². The van der Waals surface area contributed by atoms with Gasteiger partial charge in [-0.3, -0.25) is 9.69 Å². The van der Waals surface area contributed by atoms with E-state index in [4.69, 9.17) is 14.2 Å². The van der Waals surface area contributed by atoms with Gasteiger partial charge in [-0.15, -0.1) is 0 Å². The minimum Gasteiger partial charge on any atom is -0.486 e. The van der Waals surface area contributed by atoms with Gasteiger partial charge in [0.05, 0.1) is 12.5 Å². The van der Waals surface area contributed by atoms with Crippen LogP contribution >= 0.6 is 0 Å². The van der Waals surface area contributed by atoms with E-state index >= 15 is 0 Å². The zero-order valence-corrected chi connectivity index (χ0v) is 14.6. The first kappa shape index (κ1) is 16.7. The summed E-state index contributed by atoms with van der Waals surface area (Å²) >= 11 is 0. The minimum atomic E-state index is 0.142. The van der Waals surface area contributed by atoms with Crippen LogP contribution in [0.25, 0.3) is 0 Å². The summed E-state index contributed by atoms with van der Waals surface area (Å²) in [5, 5.41) is 0. The van der Waals surface area contributed by atoms with E-state index in [2.05, 4.69) is 17.0 Å². The summed E-state index contributed by atoms with van der Waals surface area (Å²) in [6.45, 7) is 6.34. The summed E-state index contributed by atoms with van der Waals surface area (Å²) in [5.74, 6) is 1.92. The molecule has 6 nitrogen and oxygen atoms in total. The molecule has 2 fully saturated rings. The summed E-state index contributed by atoms with van der Waals surface area (Å²) < 4.78 is 16.8. The van der Waals surface area contributed by atoms with Crippen molar-refractivity contribution < 1.29 is 19.0 Å². The normalized spacial score (nSPS) is 23.7. The van der Waals surface area contributed by atoms with Crippen LogP contribution in [0, 0.1) is 0 Å². The molecule has 4 rings (SSSR count). The van der Waals surface area contributed by atoms with Crippen molar-refractivity contribution in [1.82, 2.24) is 9.80 Å². The van der Waals surface area contributed by atoms with E-state index in [1.165, 1.54) is 5.56 Å². The van der Waals surface area contributed by atoms with Crippen LogP contribution < -0.4 is 9.47 Å². The second-order valence-electron chi connectivity index (χ2n) is 6.97. The van der Waals surface area contributed by atoms with Crippen molar-refractivity contribution in [3.63, 3.8) is 0 Å². The molecule has 0 saturated carbocycles. The maximum absolute atomic E-state index is 12.4. The van der Waals surface area contributed by atoms with E-state index in [1.807, 2.05) is 11.0 Å². The fraction of sp³-hybridized carbons (Fsp3) is 0.632. The molecule has 1 aromatic rings. The first-order valence-electron chi connectivity index (χ1n) is 9.28. The molecule has 0 aliphatic carbocycles. The molecule has 6 heteroatoms. The standard InChI is InChI=1S/C19H26N2O4/c22-19(13-16-2-1-9-23-16)21-7-5-20(6-8-21)14-15-3-4-17-18(12-15)25-11-10-24-17/h3-4,12,16H,1-2,5-11,13-14H2/t16-/m0/s1. The van der Waals surface area contributed by atoms with Crippen molar-refractivity contribution in [3.05, 3.63) is 23.8 Å². The summed E-state index contributed by atoms with van der Waals surface area (Å²) in [4.78, 5) is 16.8. The first-order chi connectivity index (χ1) is 12.3. The number of carbonyl (C=O) groups is 1. The Balaban J connectivity index is 1.26. The predicted octanol–water partition coefficient (Wildman–Crippen LogP) is 1.67. The Kier molecular flexibility index (Phi) is 5.08. The largest absolute Gasteiger partial charge is 0.486 e. The number of fused-ring (bicyclic) bond motifs is 1. The Morgan fingerprint density at radius 1 is 1.04 bits per heavy atom. The number of ether oxygens (including phenoxy) is 3. The first-order valence-corrected chi connectivity index (χ1v) is 9.28. The van der Waals surface area contributed by atoms with Crippen LogP contribution in [0.15, 0.2) is 18.2 Å². The van der Waals surface area contributed by atoms with Crippen LogP contribution in [0.2, 0.25) is 0 Å². The number of nitrogens with zero attached hydrogens (tertiary/aromatic N) is 2. The summed E-state index contributed by atoms with van der Waals surface area (Å²) in [6.07, 6.45) is 2.79. The molecule has 2 saturated heterocycles. The summed E-state index contributed by atoms with van der Waals surface area (Å²) in [7, 11) is 0. The lowest BCUT2D eigenvalue weighted by atomic mass is 10.1. The molecule has 136 valence electrons. The van der Waals surface area contributed by atoms with Gasteiger partial charge in [0, 0.05) is 39.3 Å². The lowest BCUT2D eigenvalue weighted by Gasteiger charge is -2.35. The van der Waals surface area contributed by atoms with Crippen molar-refractivity contribution in [1.29, 1.82) is 0 Å². The maximum Gasteiger partial charge on any atom is 0.225 e. The molecular weight excluding hydrogens is 320 g/mol. The lowest BCUT2D eigenvalue weighted by molar-refractivity contribution is -0.135. The molecule has 3 aliphatic heterocycles. The van der Waals surface area contributed by atoms with Gasteiger partial charge in [0.1, 0.15) is 13.2 Å². The highest BCUT2D eigenvalue weighted by atomic mass is 16.6. The highest BCUT2D eigenvalue weighted by Crippen LogP contribution is 2.31.